The molecule has 0 spiro atoms. The summed E-state index contributed by atoms with van der Waals surface area (Å²) in [6.07, 6.45) is 2.37. The van der Waals surface area contributed by atoms with Gasteiger partial charge in [-0.15, -0.1) is 12.6 Å². The summed E-state index contributed by atoms with van der Waals surface area (Å²) in [5.74, 6) is 0. The molecule has 0 radical (unpaired) electrons. The quantitative estimate of drug-likeness (QED) is 0.359. The molecule has 48 valence electrons. The van der Waals surface area contributed by atoms with Gasteiger partial charge in [-0.05, 0) is 6.42 Å². The summed E-state index contributed by atoms with van der Waals surface area (Å²) < 4.78 is 0.596. The zero-order valence-corrected chi connectivity index (χ0v) is 6.69. The van der Waals surface area contributed by atoms with Crippen LogP contribution in [0.3, 0.4) is 0 Å². The van der Waals surface area contributed by atoms with Crippen LogP contribution in [0.5, 0.6) is 0 Å². The molecule has 0 saturated heterocycles. The Labute approximate surface area is 61.3 Å². The number of hydrogen-bond donors (Lipinski definition) is 2. The van der Waals surface area contributed by atoms with Crippen molar-refractivity contribution in [2.24, 2.45) is 0 Å². The van der Waals surface area contributed by atoms with E-state index in [0.717, 1.165) is 6.54 Å². The molecule has 0 aromatic rings. The Balaban J connectivity index is 2.82. The minimum Gasteiger partial charge on any atom is -0.371 e. The highest BCUT2D eigenvalue weighted by Gasteiger charge is 1.83. The first-order valence-corrected chi connectivity index (χ1v) is 3.59. The predicted molar refractivity (Wildman–Crippen MR) is 44.5 cm³/mol. The van der Waals surface area contributed by atoms with Crippen molar-refractivity contribution in [3.05, 3.63) is 0 Å². The third-order valence-corrected chi connectivity index (χ3v) is 1.11. The van der Waals surface area contributed by atoms with Crippen molar-refractivity contribution in [1.29, 1.82) is 0 Å². The molecule has 0 atom stereocenters. The maximum absolute atomic E-state index is 4.66. The van der Waals surface area contributed by atoms with Gasteiger partial charge in [0.2, 0.25) is 0 Å². The van der Waals surface area contributed by atoms with Crippen LogP contribution in [-0.4, -0.2) is 10.9 Å². The van der Waals surface area contributed by atoms with Gasteiger partial charge >= 0.3 is 0 Å². The SMILES string of the molecule is CCCCNC(=S)S. The Morgan fingerprint density at radius 3 is 2.75 bits per heavy atom. The Bertz CT molecular complexity index is 72.8. The summed E-state index contributed by atoms with van der Waals surface area (Å²) in [5.41, 5.74) is 0. The molecule has 8 heavy (non-hydrogen) atoms. The van der Waals surface area contributed by atoms with E-state index in [4.69, 9.17) is 0 Å². The van der Waals surface area contributed by atoms with E-state index in [-0.39, 0.29) is 0 Å². The van der Waals surface area contributed by atoms with E-state index in [2.05, 4.69) is 37.1 Å². The summed E-state index contributed by atoms with van der Waals surface area (Å²) in [6.45, 7) is 3.10. The van der Waals surface area contributed by atoms with E-state index >= 15 is 0 Å². The van der Waals surface area contributed by atoms with Crippen LogP contribution in [0.4, 0.5) is 0 Å². The molecule has 3 heteroatoms. The smallest absolute Gasteiger partial charge is 0.130 e. The molecule has 0 aromatic carbocycles. The van der Waals surface area contributed by atoms with Gasteiger partial charge in [0.25, 0.3) is 0 Å². The maximum atomic E-state index is 4.66. The molecule has 1 nitrogen and oxygen atoms in total. The van der Waals surface area contributed by atoms with Gasteiger partial charge in [-0.3, -0.25) is 0 Å². The van der Waals surface area contributed by atoms with Crippen molar-refractivity contribution < 1.29 is 0 Å². The van der Waals surface area contributed by atoms with Gasteiger partial charge in [-0.25, -0.2) is 0 Å². The zero-order valence-electron chi connectivity index (χ0n) is 4.98. The Morgan fingerprint density at radius 1 is 1.75 bits per heavy atom. The van der Waals surface area contributed by atoms with Crippen molar-refractivity contribution in [3.63, 3.8) is 0 Å². The second-order valence-electron chi connectivity index (χ2n) is 1.59. The van der Waals surface area contributed by atoms with Gasteiger partial charge in [0.15, 0.2) is 0 Å². The van der Waals surface area contributed by atoms with Gasteiger partial charge in [0.1, 0.15) is 4.32 Å². The zero-order chi connectivity index (χ0) is 6.41. The van der Waals surface area contributed by atoms with Crippen molar-refractivity contribution in [2.75, 3.05) is 6.54 Å². The average Bonchev–Trinajstić information content (AvgIpc) is 1.66. The topological polar surface area (TPSA) is 12.0 Å². The molecule has 0 saturated carbocycles. The lowest BCUT2D eigenvalue weighted by Crippen LogP contribution is -2.16. The summed E-state index contributed by atoms with van der Waals surface area (Å²) in [6, 6.07) is 0. The predicted octanol–water partition coefficient (Wildman–Crippen LogP) is 1.59. The molecule has 0 unspecified atom stereocenters. The number of hydrogen-bond acceptors (Lipinski definition) is 1. The summed E-state index contributed by atoms with van der Waals surface area (Å²) in [5, 5.41) is 2.94. The van der Waals surface area contributed by atoms with Crippen molar-refractivity contribution >= 4 is 29.2 Å². The molecular weight excluding hydrogens is 138 g/mol. The largest absolute Gasteiger partial charge is 0.371 e. The molecule has 0 aliphatic rings. The van der Waals surface area contributed by atoms with Crippen molar-refractivity contribution in [3.8, 4) is 0 Å². The summed E-state index contributed by atoms with van der Waals surface area (Å²) in [4.78, 5) is 0. The molecule has 0 fully saturated rings. The van der Waals surface area contributed by atoms with Crippen molar-refractivity contribution in [2.45, 2.75) is 19.8 Å². The normalized spacial score (nSPS) is 8.75. The first-order valence-electron chi connectivity index (χ1n) is 2.74. The number of rotatable bonds is 3. The van der Waals surface area contributed by atoms with E-state index in [1.165, 1.54) is 12.8 Å². The standard InChI is InChI=1S/C5H11NS2/c1-2-3-4-6-5(7)8/h2-4H2,1H3,(H2,6,7,8). The molecule has 0 aliphatic heterocycles. The Kier molecular flexibility index (Phi) is 5.54. The van der Waals surface area contributed by atoms with Crippen LogP contribution in [-0.2, 0) is 0 Å². The molecule has 0 heterocycles. The highest BCUT2D eigenvalue weighted by molar-refractivity contribution is 8.11. The van der Waals surface area contributed by atoms with E-state index in [1.807, 2.05) is 0 Å². The fourth-order valence-corrected chi connectivity index (χ4v) is 0.586. The average molecular weight is 149 g/mol. The maximum Gasteiger partial charge on any atom is 0.130 e. The second kappa shape index (κ2) is 5.38. The highest BCUT2D eigenvalue weighted by atomic mass is 32.1. The number of thiocarbonyl (C=S) groups is 1. The first-order chi connectivity index (χ1) is 3.77. The summed E-state index contributed by atoms with van der Waals surface area (Å²) >= 11 is 8.55. The molecule has 1 N–H and O–H groups in total. The van der Waals surface area contributed by atoms with Gasteiger partial charge in [0.05, 0.1) is 0 Å². The van der Waals surface area contributed by atoms with Crippen LogP contribution in [0, 0.1) is 0 Å². The lowest BCUT2D eigenvalue weighted by Gasteiger charge is -1.98. The minimum absolute atomic E-state index is 0.596. The number of nitrogens with one attached hydrogen (secondary N) is 1. The van der Waals surface area contributed by atoms with E-state index in [0.29, 0.717) is 4.32 Å². The van der Waals surface area contributed by atoms with Crippen LogP contribution in [0.15, 0.2) is 0 Å². The second-order valence-corrected chi connectivity index (χ2v) is 2.74. The lowest BCUT2D eigenvalue weighted by atomic mass is 10.3. The lowest BCUT2D eigenvalue weighted by molar-refractivity contribution is 0.763. The molecule has 0 amide bonds. The fourth-order valence-electron chi connectivity index (χ4n) is 0.372. The van der Waals surface area contributed by atoms with E-state index in [9.17, 15) is 0 Å². The van der Waals surface area contributed by atoms with Gasteiger partial charge in [0, 0.05) is 6.54 Å². The highest BCUT2D eigenvalue weighted by Crippen LogP contribution is 1.84. The molecule has 0 bridgehead atoms. The van der Waals surface area contributed by atoms with Crippen LogP contribution in [0.25, 0.3) is 0 Å². The van der Waals surface area contributed by atoms with Crippen LogP contribution in [0.1, 0.15) is 19.8 Å². The van der Waals surface area contributed by atoms with Gasteiger partial charge in [-0.2, -0.15) is 0 Å². The number of thiol groups is 1. The minimum atomic E-state index is 0.596. The first kappa shape index (κ1) is 8.24. The third-order valence-electron chi connectivity index (χ3n) is 0.807. The van der Waals surface area contributed by atoms with Crippen LogP contribution >= 0.6 is 24.8 Å². The Morgan fingerprint density at radius 2 is 2.38 bits per heavy atom. The van der Waals surface area contributed by atoms with E-state index in [1.54, 1.807) is 0 Å². The molecule has 0 aliphatic carbocycles. The molecule has 0 rings (SSSR count). The van der Waals surface area contributed by atoms with E-state index < -0.39 is 0 Å². The third kappa shape index (κ3) is 6.24. The monoisotopic (exact) mass is 149 g/mol. The fraction of sp³-hybridized carbons (Fsp3) is 0.800. The number of unbranched alkanes of at least 4 members (excludes halogenated alkanes) is 1. The van der Waals surface area contributed by atoms with Crippen molar-refractivity contribution in [1.82, 2.24) is 5.32 Å². The van der Waals surface area contributed by atoms with Crippen LogP contribution < -0.4 is 5.32 Å². The van der Waals surface area contributed by atoms with Gasteiger partial charge < -0.3 is 5.32 Å². The Hall–Kier alpha value is 0.240. The molecule has 0 aromatic heterocycles. The summed E-state index contributed by atoms with van der Waals surface area (Å²) in [7, 11) is 0. The van der Waals surface area contributed by atoms with Gasteiger partial charge in [-0.1, -0.05) is 25.6 Å². The molecular formula is C5H11NS2. The van der Waals surface area contributed by atoms with Crippen LogP contribution in [0.2, 0.25) is 0 Å².